The molecule has 0 aliphatic rings. The van der Waals surface area contributed by atoms with Crippen molar-refractivity contribution < 1.29 is 23.2 Å². The first-order chi connectivity index (χ1) is 15.7. The number of nitrogens with one attached hydrogen (secondary N) is 2. The molecule has 0 spiro atoms. The van der Waals surface area contributed by atoms with Crippen LogP contribution in [0.2, 0.25) is 0 Å². The molecule has 0 aliphatic heterocycles. The zero-order valence-electron chi connectivity index (χ0n) is 18.4. The van der Waals surface area contributed by atoms with Crippen LogP contribution in [-0.4, -0.2) is 46.7 Å². The second-order valence-corrected chi connectivity index (χ2v) is 7.50. The lowest BCUT2D eigenvalue weighted by Crippen LogP contribution is -2.46. The average molecular weight is 463 g/mol. The Hall–Kier alpha value is -3.63. The lowest BCUT2D eigenvalue weighted by Gasteiger charge is -2.22. The fourth-order valence-electron chi connectivity index (χ4n) is 3.15. The minimum absolute atomic E-state index is 0.169. The summed E-state index contributed by atoms with van der Waals surface area (Å²) >= 11 is 0. The van der Waals surface area contributed by atoms with Crippen molar-refractivity contribution in [1.29, 1.82) is 0 Å². The number of ketones is 1. The summed E-state index contributed by atoms with van der Waals surface area (Å²) in [5, 5.41) is 4.74. The second-order valence-electron chi connectivity index (χ2n) is 7.50. The molecule has 0 saturated heterocycles. The molecule has 4 N–H and O–H groups in total. The van der Waals surface area contributed by atoms with Gasteiger partial charge in [0.1, 0.15) is 24.0 Å². The highest BCUT2D eigenvalue weighted by molar-refractivity contribution is 6.03. The molecule has 1 aromatic heterocycles. The van der Waals surface area contributed by atoms with Crippen molar-refractivity contribution in [2.75, 3.05) is 18.8 Å². The van der Waals surface area contributed by atoms with Gasteiger partial charge in [-0.3, -0.25) is 23.7 Å². The number of carbonyl (C=O) groups is 3. The quantitative estimate of drug-likeness (QED) is 0.429. The molecule has 0 aliphatic carbocycles. The van der Waals surface area contributed by atoms with Gasteiger partial charge in [0.25, 0.3) is 5.56 Å². The van der Waals surface area contributed by atoms with Crippen LogP contribution in [0.1, 0.15) is 20.3 Å². The molecule has 2 unspecified atom stereocenters. The molecule has 0 saturated carbocycles. The largest absolute Gasteiger partial charge is 0.393 e. The number of halogens is 2. The van der Waals surface area contributed by atoms with Crippen LogP contribution in [0.15, 0.2) is 41.3 Å². The topological polar surface area (TPSA) is 136 Å². The van der Waals surface area contributed by atoms with Crippen molar-refractivity contribution in [3.8, 4) is 11.4 Å². The first-order valence-corrected chi connectivity index (χ1v) is 10.4. The third-order valence-electron chi connectivity index (χ3n) is 4.97. The standard InChI is InChI=1S/C22H27F2N5O4/c1-3-9-26-21(32)18(13(2)19(23)24)16(30)11-27-17(31)12-29-20(14-7-5-4-6-8-14)28-10-15(25)22(29)33/h4-8,10,13,18-19H,3,9,11-12,25H2,1-2H3,(H,26,32)(H,27,31). The van der Waals surface area contributed by atoms with Crippen molar-refractivity contribution in [3.63, 3.8) is 0 Å². The molecule has 9 nitrogen and oxygen atoms in total. The molecule has 178 valence electrons. The number of nitrogen functional groups attached to an aromatic ring is 1. The smallest absolute Gasteiger partial charge is 0.277 e. The number of alkyl halides is 2. The van der Waals surface area contributed by atoms with E-state index in [4.69, 9.17) is 5.73 Å². The Balaban J connectivity index is 2.16. The number of hydrogen-bond donors (Lipinski definition) is 3. The maximum Gasteiger partial charge on any atom is 0.277 e. The molecule has 11 heteroatoms. The van der Waals surface area contributed by atoms with Crippen LogP contribution in [0.25, 0.3) is 11.4 Å². The molecule has 2 amide bonds. The number of nitrogens with two attached hydrogens (primary N) is 1. The molecule has 2 aromatic rings. The fourth-order valence-corrected chi connectivity index (χ4v) is 3.15. The summed E-state index contributed by atoms with van der Waals surface area (Å²) < 4.78 is 27.5. The Morgan fingerprint density at radius 1 is 1.15 bits per heavy atom. The Kier molecular flexibility index (Phi) is 9.19. The van der Waals surface area contributed by atoms with Gasteiger partial charge in [-0.15, -0.1) is 0 Å². The summed E-state index contributed by atoms with van der Waals surface area (Å²) in [7, 11) is 0. The van der Waals surface area contributed by atoms with Gasteiger partial charge >= 0.3 is 0 Å². The third-order valence-corrected chi connectivity index (χ3v) is 4.97. The number of hydrogen-bond acceptors (Lipinski definition) is 6. The van der Waals surface area contributed by atoms with Crippen LogP contribution in [-0.2, 0) is 20.9 Å². The molecule has 0 fully saturated rings. The Labute approximate surface area is 189 Å². The SMILES string of the molecule is CCCNC(=O)C(C(=O)CNC(=O)Cn1c(-c2ccccc2)ncc(N)c1=O)C(C)C(F)F. The van der Waals surface area contributed by atoms with Gasteiger partial charge < -0.3 is 16.4 Å². The van der Waals surface area contributed by atoms with E-state index in [1.165, 1.54) is 6.20 Å². The van der Waals surface area contributed by atoms with E-state index in [1.54, 1.807) is 37.3 Å². The van der Waals surface area contributed by atoms with E-state index in [-0.39, 0.29) is 18.1 Å². The first-order valence-electron chi connectivity index (χ1n) is 10.4. The number of rotatable bonds is 11. The van der Waals surface area contributed by atoms with E-state index >= 15 is 0 Å². The van der Waals surface area contributed by atoms with E-state index in [0.29, 0.717) is 12.0 Å². The average Bonchev–Trinajstić information content (AvgIpc) is 2.80. The fraction of sp³-hybridized carbons (Fsp3) is 0.409. The van der Waals surface area contributed by atoms with E-state index in [9.17, 15) is 28.0 Å². The monoisotopic (exact) mass is 463 g/mol. The Bertz CT molecular complexity index is 1040. The summed E-state index contributed by atoms with van der Waals surface area (Å²) in [6.45, 7) is 1.96. The molecular formula is C22H27F2N5O4. The van der Waals surface area contributed by atoms with Crippen molar-refractivity contribution in [2.45, 2.75) is 33.2 Å². The molecule has 0 bridgehead atoms. The molecule has 2 rings (SSSR count). The molecule has 1 aromatic carbocycles. The van der Waals surface area contributed by atoms with Crippen LogP contribution in [0.5, 0.6) is 0 Å². The number of aromatic nitrogens is 2. The lowest BCUT2D eigenvalue weighted by molar-refractivity contribution is -0.139. The Morgan fingerprint density at radius 3 is 2.42 bits per heavy atom. The maximum atomic E-state index is 13.2. The molecule has 2 atom stereocenters. The zero-order valence-corrected chi connectivity index (χ0v) is 18.4. The van der Waals surface area contributed by atoms with Gasteiger partial charge in [-0.25, -0.2) is 13.8 Å². The van der Waals surface area contributed by atoms with Gasteiger partial charge in [0.05, 0.1) is 12.7 Å². The van der Waals surface area contributed by atoms with Gasteiger partial charge in [-0.1, -0.05) is 44.2 Å². The number of Topliss-reactive ketones (excluding diaryl/α,β-unsaturated/α-hetero) is 1. The van der Waals surface area contributed by atoms with E-state index in [1.807, 2.05) is 0 Å². The van der Waals surface area contributed by atoms with Crippen LogP contribution in [0.4, 0.5) is 14.5 Å². The predicted molar refractivity (Wildman–Crippen MR) is 118 cm³/mol. The highest BCUT2D eigenvalue weighted by Crippen LogP contribution is 2.21. The summed E-state index contributed by atoms with van der Waals surface area (Å²) in [5.74, 6) is -5.37. The summed E-state index contributed by atoms with van der Waals surface area (Å²) in [5.41, 5.74) is 5.40. The number of carbonyl (C=O) groups excluding carboxylic acids is 3. The normalized spacial score (nSPS) is 12.8. The molecule has 1 heterocycles. The predicted octanol–water partition coefficient (Wildman–Crippen LogP) is 1.22. The first kappa shape index (κ1) is 25.6. The van der Waals surface area contributed by atoms with Crippen molar-refractivity contribution in [1.82, 2.24) is 20.2 Å². The van der Waals surface area contributed by atoms with Gasteiger partial charge in [-0.2, -0.15) is 0 Å². The van der Waals surface area contributed by atoms with Gasteiger partial charge in [0, 0.05) is 18.0 Å². The summed E-state index contributed by atoms with van der Waals surface area (Å²) in [4.78, 5) is 54.0. The second kappa shape index (κ2) is 11.8. The van der Waals surface area contributed by atoms with Crippen LogP contribution < -0.4 is 21.9 Å². The zero-order chi connectivity index (χ0) is 24.5. The van der Waals surface area contributed by atoms with Crippen LogP contribution in [0.3, 0.4) is 0 Å². The van der Waals surface area contributed by atoms with Gasteiger partial charge in [0.15, 0.2) is 5.78 Å². The minimum Gasteiger partial charge on any atom is -0.393 e. The van der Waals surface area contributed by atoms with E-state index in [2.05, 4.69) is 15.6 Å². The number of nitrogens with zero attached hydrogens (tertiary/aromatic N) is 2. The Morgan fingerprint density at radius 2 is 1.82 bits per heavy atom. The van der Waals surface area contributed by atoms with Gasteiger partial charge in [-0.05, 0) is 6.42 Å². The minimum atomic E-state index is -2.90. The van der Waals surface area contributed by atoms with Crippen LogP contribution >= 0.6 is 0 Å². The highest BCUT2D eigenvalue weighted by Gasteiger charge is 2.36. The van der Waals surface area contributed by atoms with Crippen molar-refractivity contribution in [3.05, 3.63) is 46.9 Å². The number of benzene rings is 1. The summed E-state index contributed by atoms with van der Waals surface area (Å²) in [6, 6.07) is 8.63. The van der Waals surface area contributed by atoms with Crippen molar-refractivity contribution >= 4 is 23.3 Å². The van der Waals surface area contributed by atoms with Crippen LogP contribution in [0, 0.1) is 11.8 Å². The van der Waals surface area contributed by atoms with E-state index in [0.717, 1.165) is 11.5 Å². The third kappa shape index (κ3) is 6.67. The van der Waals surface area contributed by atoms with E-state index < -0.39 is 54.5 Å². The van der Waals surface area contributed by atoms with Crippen molar-refractivity contribution in [2.24, 2.45) is 11.8 Å². The molecule has 0 radical (unpaired) electrons. The van der Waals surface area contributed by atoms with Gasteiger partial charge in [0.2, 0.25) is 18.2 Å². The number of anilines is 1. The number of amides is 2. The molecule has 33 heavy (non-hydrogen) atoms. The maximum absolute atomic E-state index is 13.2. The lowest BCUT2D eigenvalue weighted by atomic mass is 9.89. The molecular weight excluding hydrogens is 436 g/mol. The highest BCUT2D eigenvalue weighted by atomic mass is 19.3. The summed E-state index contributed by atoms with van der Waals surface area (Å²) in [6.07, 6.45) is -1.14.